The Bertz CT molecular complexity index is 499. The van der Waals surface area contributed by atoms with Gasteiger partial charge in [-0.05, 0) is 30.9 Å². The van der Waals surface area contributed by atoms with Crippen LogP contribution in [-0.2, 0) is 11.3 Å². The van der Waals surface area contributed by atoms with E-state index in [1.807, 2.05) is 12.1 Å². The number of hydrogen-bond acceptors (Lipinski definition) is 3. The van der Waals surface area contributed by atoms with Gasteiger partial charge in [0, 0.05) is 11.9 Å². The van der Waals surface area contributed by atoms with E-state index in [9.17, 15) is 10.1 Å². The van der Waals surface area contributed by atoms with E-state index in [-0.39, 0.29) is 5.91 Å². The Balaban J connectivity index is 2.03. The summed E-state index contributed by atoms with van der Waals surface area (Å²) in [5, 5.41) is 9.23. The van der Waals surface area contributed by atoms with Crippen LogP contribution in [0, 0.1) is 22.7 Å². The number of nitriles is 1. The van der Waals surface area contributed by atoms with Gasteiger partial charge >= 0.3 is 0 Å². The van der Waals surface area contributed by atoms with Crippen molar-refractivity contribution in [2.75, 3.05) is 7.05 Å². The van der Waals surface area contributed by atoms with E-state index in [0.29, 0.717) is 25.3 Å². The maximum absolute atomic E-state index is 12.3. The maximum atomic E-state index is 12.3. The highest BCUT2D eigenvalue weighted by molar-refractivity contribution is 7.16. The van der Waals surface area contributed by atoms with Crippen molar-refractivity contribution in [2.24, 2.45) is 11.3 Å². The molecular weight excluding hydrogens is 268 g/mol. The van der Waals surface area contributed by atoms with Crippen LogP contribution >= 0.6 is 22.9 Å². The molecule has 96 valence electrons. The maximum Gasteiger partial charge on any atom is 0.243 e. The molecule has 0 radical (unpaired) electrons. The van der Waals surface area contributed by atoms with Crippen LogP contribution in [0.5, 0.6) is 0 Å². The number of nitrogens with zero attached hydrogens (tertiary/aromatic N) is 2. The fraction of sp³-hybridized carbons (Fsp3) is 0.538. The first-order valence-corrected chi connectivity index (χ1v) is 7.07. The van der Waals surface area contributed by atoms with E-state index >= 15 is 0 Å². The molecule has 1 amide bonds. The number of carbonyl (C=O) groups excluding carboxylic acids is 1. The van der Waals surface area contributed by atoms with Crippen molar-refractivity contribution >= 4 is 28.8 Å². The minimum Gasteiger partial charge on any atom is -0.339 e. The molecule has 1 saturated carbocycles. The fourth-order valence-electron chi connectivity index (χ4n) is 2.55. The summed E-state index contributed by atoms with van der Waals surface area (Å²) in [5.41, 5.74) is -0.783. The highest BCUT2D eigenvalue weighted by atomic mass is 35.5. The normalized spacial score (nSPS) is 26.2. The van der Waals surface area contributed by atoms with E-state index in [1.165, 1.54) is 11.3 Å². The van der Waals surface area contributed by atoms with E-state index in [0.717, 1.165) is 9.21 Å². The summed E-state index contributed by atoms with van der Waals surface area (Å²) in [6.45, 7) is 2.59. The van der Waals surface area contributed by atoms with Gasteiger partial charge in [0.2, 0.25) is 5.91 Å². The lowest BCUT2D eigenvalue weighted by atomic mass is 9.63. The van der Waals surface area contributed by atoms with Crippen LogP contribution in [-0.4, -0.2) is 17.9 Å². The second-order valence-corrected chi connectivity index (χ2v) is 6.87. The van der Waals surface area contributed by atoms with E-state index in [4.69, 9.17) is 11.6 Å². The number of rotatable bonds is 3. The highest BCUT2D eigenvalue weighted by Crippen LogP contribution is 2.46. The topological polar surface area (TPSA) is 44.1 Å². The van der Waals surface area contributed by atoms with Crippen LogP contribution in [0.2, 0.25) is 4.34 Å². The molecule has 0 atom stereocenters. The highest BCUT2D eigenvalue weighted by Gasteiger charge is 2.50. The smallest absolute Gasteiger partial charge is 0.243 e. The molecule has 0 spiro atoms. The number of amides is 1. The first kappa shape index (κ1) is 13.4. The lowest BCUT2D eigenvalue weighted by Gasteiger charge is -2.41. The van der Waals surface area contributed by atoms with Crippen molar-refractivity contribution in [3.63, 3.8) is 0 Å². The molecule has 1 fully saturated rings. The van der Waals surface area contributed by atoms with E-state index in [1.54, 1.807) is 11.9 Å². The Morgan fingerprint density at radius 1 is 1.67 bits per heavy atom. The van der Waals surface area contributed by atoms with Gasteiger partial charge < -0.3 is 4.90 Å². The third-order valence-electron chi connectivity index (χ3n) is 3.39. The molecule has 1 aliphatic carbocycles. The Kier molecular flexibility index (Phi) is 3.65. The molecule has 5 heteroatoms. The first-order chi connectivity index (χ1) is 8.47. The third kappa shape index (κ3) is 2.38. The SMILES string of the molecule is CC1CC(C#N)(C(=O)N(C)Cc2ccc(Cl)s2)C1. The van der Waals surface area contributed by atoms with Gasteiger partial charge in [0.15, 0.2) is 0 Å². The van der Waals surface area contributed by atoms with Gasteiger partial charge in [0.05, 0.1) is 17.0 Å². The zero-order valence-electron chi connectivity index (χ0n) is 10.4. The Morgan fingerprint density at radius 3 is 2.78 bits per heavy atom. The molecule has 0 N–H and O–H groups in total. The van der Waals surface area contributed by atoms with Crippen molar-refractivity contribution < 1.29 is 4.79 Å². The molecule has 0 unspecified atom stereocenters. The molecule has 2 rings (SSSR count). The van der Waals surface area contributed by atoms with Gasteiger partial charge in [-0.15, -0.1) is 11.3 Å². The van der Waals surface area contributed by atoms with Crippen LogP contribution in [0.15, 0.2) is 12.1 Å². The van der Waals surface area contributed by atoms with Crippen molar-refractivity contribution in [2.45, 2.75) is 26.3 Å². The van der Waals surface area contributed by atoms with Gasteiger partial charge in [-0.25, -0.2) is 0 Å². The van der Waals surface area contributed by atoms with Crippen molar-refractivity contribution in [1.29, 1.82) is 5.26 Å². The van der Waals surface area contributed by atoms with Gasteiger partial charge in [-0.1, -0.05) is 18.5 Å². The number of thiophene rings is 1. The lowest BCUT2D eigenvalue weighted by molar-refractivity contribution is -0.144. The summed E-state index contributed by atoms with van der Waals surface area (Å²) in [6.07, 6.45) is 1.36. The average molecular weight is 283 g/mol. The molecular formula is C13H15ClN2OS. The van der Waals surface area contributed by atoms with Crippen molar-refractivity contribution in [3.8, 4) is 6.07 Å². The minimum absolute atomic E-state index is 0.0624. The van der Waals surface area contributed by atoms with Gasteiger partial charge in [0.1, 0.15) is 5.41 Å². The quantitative estimate of drug-likeness (QED) is 0.854. The Labute approximate surface area is 116 Å². The van der Waals surface area contributed by atoms with E-state index in [2.05, 4.69) is 13.0 Å². The predicted octanol–water partition coefficient (Wildman–Crippen LogP) is 3.30. The van der Waals surface area contributed by atoms with Crippen LogP contribution in [0.4, 0.5) is 0 Å². The Morgan fingerprint density at radius 2 is 2.33 bits per heavy atom. The summed E-state index contributed by atoms with van der Waals surface area (Å²) in [6, 6.07) is 5.94. The van der Waals surface area contributed by atoms with Crippen molar-refractivity contribution in [1.82, 2.24) is 4.90 Å². The van der Waals surface area contributed by atoms with Crippen LogP contribution in [0.25, 0.3) is 0 Å². The summed E-state index contributed by atoms with van der Waals surface area (Å²) >= 11 is 7.33. The molecule has 1 aliphatic rings. The van der Waals surface area contributed by atoms with Gasteiger partial charge in [0.25, 0.3) is 0 Å². The van der Waals surface area contributed by atoms with Crippen LogP contribution in [0.1, 0.15) is 24.6 Å². The third-order valence-corrected chi connectivity index (χ3v) is 4.60. The molecule has 1 aromatic heterocycles. The van der Waals surface area contributed by atoms with Crippen molar-refractivity contribution in [3.05, 3.63) is 21.3 Å². The number of hydrogen-bond donors (Lipinski definition) is 0. The standard InChI is InChI=1S/C13H15ClN2OS/c1-9-5-13(6-9,8-15)12(17)16(2)7-10-3-4-11(14)18-10/h3-4,9H,5-7H2,1-2H3. The van der Waals surface area contributed by atoms with Crippen LogP contribution < -0.4 is 0 Å². The molecule has 0 saturated heterocycles. The minimum atomic E-state index is -0.783. The molecule has 1 heterocycles. The number of halogens is 1. The molecule has 0 aromatic carbocycles. The summed E-state index contributed by atoms with van der Waals surface area (Å²) < 4.78 is 0.720. The molecule has 0 aliphatic heterocycles. The average Bonchev–Trinajstić information content (AvgIpc) is 2.69. The second-order valence-electron chi connectivity index (χ2n) is 5.07. The summed E-state index contributed by atoms with van der Waals surface area (Å²) in [7, 11) is 1.75. The fourth-order valence-corrected chi connectivity index (χ4v) is 3.69. The van der Waals surface area contributed by atoms with Gasteiger partial charge in [-0.2, -0.15) is 5.26 Å². The van der Waals surface area contributed by atoms with Crippen LogP contribution in [0.3, 0.4) is 0 Å². The Hall–Kier alpha value is -1.05. The molecule has 18 heavy (non-hydrogen) atoms. The predicted molar refractivity (Wildman–Crippen MR) is 72.2 cm³/mol. The summed E-state index contributed by atoms with van der Waals surface area (Å²) in [5.74, 6) is 0.408. The zero-order valence-corrected chi connectivity index (χ0v) is 12.0. The second kappa shape index (κ2) is 4.91. The monoisotopic (exact) mass is 282 g/mol. The number of carbonyl (C=O) groups is 1. The largest absolute Gasteiger partial charge is 0.339 e. The lowest BCUT2D eigenvalue weighted by Crippen LogP contribution is -2.48. The summed E-state index contributed by atoms with van der Waals surface area (Å²) in [4.78, 5) is 15.0. The van der Waals surface area contributed by atoms with E-state index < -0.39 is 5.41 Å². The first-order valence-electron chi connectivity index (χ1n) is 5.88. The molecule has 3 nitrogen and oxygen atoms in total. The molecule has 0 bridgehead atoms. The zero-order chi connectivity index (χ0) is 13.3. The van der Waals surface area contributed by atoms with Gasteiger partial charge in [-0.3, -0.25) is 4.79 Å². The molecule has 1 aromatic rings.